The molecule has 2 aromatic carbocycles. The molecule has 10 nitrogen and oxygen atoms in total. The van der Waals surface area contributed by atoms with Crippen molar-refractivity contribution in [1.29, 1.82) is 5.26 Å². The van der Waals surface area contributed by atoms with Gasteiger partial charge in [0.2, 0.25) is 0 Å². The average Bonchev–Trinajstić information content (AvgIpc) is 3.82. The summed E-state index contributed by atoms with van der Waals surface area (Å²) in [6.07, 6.45) is 4.49. The first-order valence-electron chi connectivity index (χ1n) is 11.8. The molecular weight excluding hydrogens is 474 g/mol. The van der Waals surface area contributed by atoms with E-state index in [-0.39, 0.29) is 23.7 Å². The molecule has 0 aliphatic heterocycles. The van der Waals surface area contributed by atoms with E-state index in [9.17, 15) is 14.4 Å². The molecule has 2 aliphatic carbocycles. The minimum absolute atomic E-state index is 0.116. The molecule has 0 radical (unpaired) electrons. The molecule has 37 heavy (non-hydrogen) atoms. The van der Waals surface area contributed by atoms with Crippen LogP contribution < -0.4 is 11.5 Å². The lowest BCUT2D eigenvalue weighted by molar-refractivity contribution is -0.119. The second kappa shape index (κ2) is 12.5. The lowest BCUT2D eigenvalue weighted by Gasteiger charge is -2.04. The Morgan fingerprint density at radius 3 is 1.92 bits per heavy atom. The molecule has 6 N–H and O–H groups in total. The minimum atomic E-state index is -0.936. The highest BCUT2D eigenvalue weighted by molar-refractivity contribution is 5.88. The van der Waals surface area contributed by atoms with Gasteiger partial charge in [-0.25, -0.2) is 14.3 Å². The van der Waals surface area contributed by atoms with Gasteiger partial charge < -0.3 is 21.7 Å². The lowest BCUT2D eigenvalue weighted by Crippen LogP contribution is -2.03. The first-order chi connectivity index (χ1) is 17.7. The van der Waals surface area contributed by atoms with Crippen LogP contribution in [0.1, 0.15) is 70.0 Å². The number of nitriles is 1. The molecule has 1 heterocycles. The number of ketones is 1. The largest absolute Gasteiger partial charge is 0.478 e. The van der Waals surface area contributed by atoms with Crippen molar-refractivity contribution in [2.75, 3.05) is 5.73 Å². The number of benzene rings is 2. The van der Waals surface area contributed by atoms with Crippen LogP contribution in [0.2, 0.25) is 0 Å². The molecule has 5 rings (SSSR count). The number of rotatable bonds is 7. The van der Waals surface area contributed by atoms with Crippen molar-refractivity contribution in [1.82, 2.24) is 9.78 Å². The van der Waals surface area contributed by atoms with Gasteiger partial charge in [0.25, 0.3) is 0 Å². The molecule has 10 heteroatoms. The van der Waals surface area contributed by atoms with Crippen molar-refractivity contribution in [3.63, 3.8) is 0 Å². The number of nitrogen functional groups attached to an aromatic ring is 1. The van der Waals surface area contributed by atoms with Gasteiger partial charge in [0.05, 0.1) is 35.0 Å². The van der Waals surface area contributed by atoms with Crippen LogP contribution in [0.25, 0.3) is 5.69 Å². The molecule has 192 valence electrons. The van der Waals surface area contributed by atoms with E-state index >= 15 is 0 Å². The highest BCUT2D eigenvalue weighted by Crippen LogP contribution is 2.40. The van der Waals surface area contributed by atoms with Gasteiger partial charge in [-0.2, -0.15) is 10.4 Å². The fourth-order valence-electron chi connectivity index (χ4n) is 3.36. The van der Waals surface area contributed by atoms with Crippen LogP contribution >= 0.6 is 0 Å². The molecule has 0 atom stereocenters. The van der Waals surface area contributed by atoms with Crippen molar-refractivity contribution in [3.8, 4) is 11.8 Å². The number of aromatic nitrogens is 2. The Morgan fingerprint density at radius 2 is 1.49 bits per heavy atom. The number of Topliss-reactive ketones (excluding diaryl/α,β-unsaturated/α-hetero) is 1. The van der Waals surface area contributed by atoms with E-state index in [1.165, 1.54) is 12.8 Å². The summed E-state index contributed by atoms with van der Waals surface area (Å²) in [6.45, 7) is 0.444. The molecule has 2 saturated carbocycles. The Kier molecular flexibility index (Phi) is 9.13. The number of anilines is 1. The summed E-state index contributed by atoms with van der Waals surface area (Å²) in [7, 11) is 0. The van der Waals surface area contributed by atoms with Crippen molar-refractivity contribution < 1.29 is 24.6 Å². The smallest absolute Gasteiger partial charge is 0.335 e. The standard InChI is InChI=1S/C13H13N3O2.C8H9NO2.C6H7NO/c14-12-7-11(8-1-2-8)15-16(12)10-5-3-9(4-6-10)13(17)18;9-5-6-1-3-7(4-2-6)8(10)11;7-4-3-6(8)5-1-2-5/h3-8H,1-2,14H2,(H,17,18);1-4H,5,9H2,(H,10,11);5H,1-3H2. The van der Waals surface area contributed by atoms with Crippen molar-refractivity contribution in [2.45, 2.75) is 44.6 Å². The van der Waals surface area contributed by atoms with Crippen molar-refractivity contribution >= 4 is 23.5 Å². The van der Waals surface area contributed by atoms with Crippen LogP contribution in [0.15, 0.2) is 54.6 Å². The second-order valence-electron chi connectivity index (χ2n) is 8.81. The molecular formula is C27H29N5O5. The number of carbonyl (C=O) groups is 3. The van der Waals surface area contributed by atoms with Crippen molar-refractivity contribution in [2.24, 2.45) is 11.7 Å². The van der Waals surface area contributed by atoms with Crippen LogP contribution in [0.3, 0.4) is 0 Å². The monoisotopic (exact) mass is 503 g/mol. The van der Waals surface area contributed by atoms with Gasteiger partial charge in [0.15, 0.2) is 0 Å². The van der Waals surface area contributed by atoms with Gasteiger partial charge >= 0.3 is 11.9 Å². The molecule has 0 unspecified atom stereocenters. The average molecular weight is 504 g/mol. The van der Waals surface area contributed by atoms with Crippen LogP contribution in [-0.4, -0.2) is 37.7 Å². The first-order valence-corrected chi connectivity index (χ1v) is 11.8. The third kappa shape index (κ3) is 8.02. The van der Waals surface area contributed by atoms with Crippen LogP contribution in [0.5, 0.6) is 0 Å². The van der Waals surface area contributed by atoms with Gasteiger partial charge in [0, 0.05) is 24.4 Å². The molecule has 0 bridgehead atoms. The van der Waals surface area contributed by atoms with Gasteiger partial charge in [0.1, 0.15) is 11.6 Å². The predicted molar refractivity (Wildman–Crippen MR) is 136 cm³/mol. The molecule has 1 aromatic heterocycles. The Bertz CT molecular complexity index is 1280. The van der Waals surface area contributed by atoms with Crippen LogP contribution in [0, 0.1) is 17.2 Å². The zero-order valence-electron chi connectivity index (χ0n) is 20.2. The maximum atomic E-state index is 10.8. The van der Waals surface area contributed by atoms with E-state index < -0.39 is 11.9 Å². The minimum Gasteiger partial charge on any atom is -0.478 e. The first kappa shape index (κ1) is 27.1. The van der Waals surface area contributed by atoms with Gasteiger partial charge in [-0.15, -0.1) is 0 Å². The van der Waals surface area contributed by atoms with Gasteiger partial charge in [-0.3, -0.25) is 4.79 Å². The number of hydrogen-bond acceptors (Lipinski definition) is 7. The number of carbonyl (C=O) groups excluding carboxylic acids is 1. The summed E-state index contributed by atoms with van der Waals surface area (Å²) in [5.41, 5.74) is 14.5. The highest BCUT2D eigenvalue weighted by atomic mass is 16.4. The van der Waals surface area contributed by atoms with Crippen LogP contribution in [0.4, 0.5) is 5.82 Å². The Balaban J connectivity index is 0.000000171. The van der Waals surface area contributed by atoms with E-state index in [1.54, 1.807) is 53.2 Å². The topological polar surface area (TPSA) is 185 Å². The molecule has 0 spiro atoms. The normalized spacial score (nSPS) is 13.7. The van der Waals surface area contributed by atoms with Gasteiger partial charge in [-0.1, -0.05) is 12.1 Å². The van der Waals surface area contributed by atoms with Crippen molar-refractivity contribution in [3.05, 3.63) is 77.0 Å². The third-order valence-electron chi connectivity index (χ3n) is 5.83. The van der Waals surface area contributed by atoms with E-state index in [4.69, 9.17) is 26.9 Å². The SMILES string of the molecule is N#CCC(=O)C1CC1.NCc1ccc(C(=O)O)cc1.Nc1cc(C2CC2)nn1-c1ccc(C(=O)O)cc1. The molecule has 2 aliphatic rings. The Hall–Kier alpha value is -4.49. The second-order valence-corrected chi connectivity index (χ2v) is 8.81. The quantitative estimate of drug-likeness (QED) is 0.372. The maximum absolute atomic E-state index is 10.8. The Labute approximate surface area is 214 Å². The van der Waals surface area contributed by atoms with E-state index in [2.05, 4.69) is 5.10 Å². The number of carboxylic acids is 2. The number of hydrogen-bond donors (Lipinski definition) is 4. The summed E-state index contributed by atoms with van der Waals surface area (Å²) < 4.78 is 1.65. The van der Waals surface area contributed by atoms with Gasteiger partial charge in [-0.05, 0) is 67.6 Å². The highest BCUT2D eigenvalue weighted by Gasteiger charge is 2.28. The van der Waals surface area contributed by atoms with E-state index in [0.717, 1.165) is 29.8 Å². The zero-order valence-corrected chi connectivity index (χ0v) is 20.2. The molecule has 3 aromatic rings. The fraction of sp³-hybridized carbons (Fsp3) is 0.296. The van der Waals surface area contributed by atoms with E-state index in [1.807, 2.05) is 12.1 Å². The van der Waals surface area contributed by atoms with E-state index in [0.29, 0.717) is 23.8 Å². The maximum Gasteiger partial charge on any atom is 0.335 e. The summed E-state index contributed by atoms with van der Waals surface area (Å²) in [4.78, 5) is 31.7. The zero-order chi connectivity index (χ0) is 26.9. The summed E-state index contributed by atoms with van der Waals surface area (Å²) >= 11 is 0. The molecule has 0 amide bonds. The number of nitrogens with zero attached hydrogens (tertiary/aromatic N) is 3. The molecule has 0 saturated heterocycles. The third-order valence-corrected chi connectivity index (χ3v) is 5.83. The predicted octanol–water partition coefficient (Wildman–Crippen LogP) is 3.75. The number of carboxylic acid groups (broad SMARTS) is 2. The number of aromatic carboxylic acids is 2. The van der Waals surface area contributed by atoms with Crippen LogP contribution in [-0.2, 0) is 11.3 Å². The lowest BCUT2D eigenvalue weighted by atomic mass is 10.1. The summed E-state index contributed by atoms with van der Waals surface area (Å²) in [6, 6.07) is 16.8. The summed E-state index contributed by atoms with van der Waals surface area (Å²) in [5, 5.41) is 29.9. The fourth-order valence-corrected chi connectivity index (χ4v) is 3.36. The molecule has 2 fully saturated rings. The summed E-state index contributed by atoms with van der Waals surface area (Å²) in [5.74, 6) is -0.323. The number of nitrogens with two attached hydrogens (primary N) is 2. The Morgan fingerprint density at radius 1 is 0.946 bits per heavy atom.